The van der Waals surface area contributed by atoms with E-state index in [1.165, 1.54) is 4.31 Å². The fraction of sp³-hybridized carbons (Fsp3) is 0.632. The van der Waals surface area contributed by atoms with Gasteiger partial charge in [0.1, 0.15) is 5.75 Å². The molecule has 2 fully saturated rings. The molecule has 0 radical (unpaired) electrons. The van der Waals surface area contributed by atoms with Gasteiger partial charge in [-0.1, -0.05) is 19.8 Å². The maximum Gasteiger partial charge on any atom is 0.243 e. The lowest BCUT2D eigenvalue weighted by atomic mass is 9.87. The first kappa shape index (κ1) is 19.2. The maximum atomic E-state index is 12.8. The van der Waals surface area contributed by atoms with Crippen LogP contribution in [0.15, 0.2) is 29.2 Å². The number of amides is 1. The predicted molar refractivity (Wildman–Crippen MR) is 99.5 cm³/mol. The van der Waals surface area contributed by atoms with Crippen LogP contribution in [-0.2, 0) is 14.8 Å². The van der Waals surface area contributed by atoms with Gasteiger partial charge in [0.2, 0.25) is 15.9 Å². The third-order valence-corrected chi connectivity index (χ3v) is 7.43. The van der Waals surface area contributed by atoms with Crippen LogP contribution in [0.2, 0.25) is 0 Å². The quantitative estimate of drug-likeness (QED) is 0.787. The second-order valence-corrected chi connectivity index (χ2v) is 9.31. The van der Waals surface area contributed by atoms with Gasteiger partial charge in [0.25, 0.3) is 0 Å². The van der Waals surface area contributed by atoms with Crippen LogP contribution in [0.3, 0.4) is 0 Å². The molecule has 0 spiro atoms. The molecule has 7 heteroatoms. The Kier molecular flexibility index (Phi) is 5.58. The van der Waals surface area contributed by atoms with E-state index in [-0.39, 0.29) is 16.2 Å². The van der Waals surface area contributed by atoms with Crippen molar-refractivity contribution in [2.24, 2.45) is 5.41 Å². The predicted octanol–water partition coefficient (Wildman–Crippen LogP) is 2.50. The number of rotatable bonds is 5. The summed E-state index contributed by atoms with van der Waals surface area (Å²) in [5.74, 6) is 0.847. The number of carbonyl (C=O) groups excluding carboxylic acids is 1. The first-order valence-electron chi connectivity index (χ1n) is 9.39. The van der Waals surface area contributed by atoms with Crippen LogP contribution in [0, 0.1) is 5.41 Å². The number of hydrogen-bond acceptors (Lipinski definition) is 4. The van der Waals surface area contributed by atoms with Gasteiger partial charge in [-0.15, -0.1) is 0 Å². The fourth-order valence-electron chi connectivity index (χ4n) is 3.91. The molecule has 1 aliphatic carbocycles. The largest absolute Gasteiger partial charge is 0.494 e. The molecule has 1 saturated heterocycles. The van der Waals surface area contributed by atoms with Gasteiger partial charge in [-0.3, -0.25) is 4.79 Å². The van der Waals surface area contributed by atoms with Crippen molar-refractivity contribution in [3.05, 3.63) is 24.3 Å². The van der Waals surface area contributed by atoms with Gasteiger partial charge in [0.15, 0.2) is 0 Å². The highest BCUT2D eigenvalue weighted by Gasteiger charge is 2.40. The van der Waals surface area contributed by atoms with E-state index in [1.54, 1.807) is 24.3 Å². The molecular weight excluding hydrogens is 352 g/mol. The zero-order chi connectivity index (χ0) is 18.8. The number of sulfonamides is 1. The summed E-state index contributed by atoms with van der Waals surface area (Å²) in [7, 11) is -3.54. The van der Waals surface area contributed by atoms with Crippen molar-refractivity contribution in [3.8, 4) is 5.75 Å². The number of piperazine rings is 1. The summed E-state index contributed by atoms with van der Waals surface area (Å²) < 4.78 is 32.5. The Labute approximate surface area is 156 Å². The van der Waals surface area contributed by atoms with Crippen LogP contribution in [0.4, 0.5) is 0 Å². The van der Waals surface area contributed by atoms with Gasteiger partial charge < -0.3 is 9.64 Å². The molecule has 1 heterocycles. The van der Waals surface area contributed by atoms with E-state index < -0.39 is 10.0 Å². The Bertz CT molecular complexity index is 731. The summed E-state index contributed by atoms with van der Waals surface area (Å²) >= 11 is 0. The van der Waals surface area contributed by atoms with Crippen molar-refractivity contribution < 1.29 is 17.9 Å². The molecule has 144 valence electrons. The summed E-state index contributed by atoms with van der Waals surface area (Å²) in [6.07, 6.45) is 4.09. The van der Waals surface area contributed by atoms with E-state index in [0.717, 1.165) is 25.7 Å². The molecule has 26 heavy (non-hydrogen) atoms. The SMILES string of the molecule is CCOc1ccc(S(=O)(=O)N2CCN(C(=O)C3(C)CCCC3)CC2)cc1. The lowest BCUT2D eigenvalue weighted by Gasteiger charge is -2.38. The Morgan fingerprint density at radius 3 is 2.19 bits per heavy atom. The molecule has 6 nitrogen and oxygen atoms in total. The summed E-state index contributed by atoms with van der Waals surface area (Å²) in [5.41, 5.74) is -0.254. The smallest absolute Gasteiger partial charge is 0.243 e. The van der Waals surface area contributed by atoms with Gasteiger partial charge in [0, 0.05) is 31.6 Å². The van der Waals surface area contributed by atoms with Crippen LogP contribution < -0.4 is 4.74 Å². The number of carbonyl (C=O) groups is 1. The molecule has 0 unspecified atom stereocenters. The zero-order valence-corrected chi connectivity index (χ0v) is 16.4. The Balaban J connectivity index is 1.64. The van der Waals surface area contributed by atoms with Crippen molar-refractivity contribution in [2.45, 2.75) is 44.4 Å². The van der Waals surface area contributed by atoms with Crippen molar-refractivity contribution >= 4 is 15.9 Å². The van der Waals surface area contributed by atoms with Gasteiger partial charge in [-0.25, -0.2) is 8.42 Å². The Morgan fingerprint density at radius 2 is 1.65 bits per heavy atom. The first-order chi connectivity index (χ1) is 12.4. The second kappa shape index (κ2) is 7.56. The Hall–Kier alpha value is -1.60. The van der Waals surface area contributed by atoms with E-state index in [1.807, 2.05) is 18.7 Å². The van der Waals surface area contributed by atoms with Gasteiger partial charge in [-0.2, -0.15) is 4.31 Å². The molecule has 1 aliphatic heterocycles. The van der Waals surface area contributed by atoms with Crippen molar-refractivity contribution in [1.29, 1.82) is 0 Å². The summed E-state index contributed by atoms with van der Waals surface area (Å²) in [6, 6.07) is 6.52. The van der Waals surface area contributed by atoms with Crippen molar-refractivity contribution in [2.75, 3.05) is 32.8 Å². The molecule has 1 aromatic carbocycles. The average Bonchev–Trinajstić information content (AvgIpc) is 3.10. The lowest BCUT2D eigenvalue weighted by Crippen LogP contribution is -2.53. The molecular formula is C19H28N2O4S. The minimum Gasteiger partial charge on any atom is -0.494 e. The maximum absolute atomic E-state index is 12.8. The fourth-order valence-corrected chi connectivity index (χ4v) is 5.33. The van der Waals surface area contributed by atoms with Gasteiger partial charge >= 0.3 is 0 Å². The highest BCUT2D eigenvalue weighted by atomic mass is 32.2. The molecule has 0 aromatic heterocycles. The van der Waals surface area contributed by atoms with Crippen LogP contribution in [0.1, 0.15) is 39.5 Å². The third-order valence-electron chi connectivity index (χ3n) is 5.52. The van der Waals surface area contributed by atoms with Crippen LogP contribution in [0.25, 0.3) is 0 Å². The van der Waals surface area contributed by atoms with E-state index in [0.29, 0.717) is 38.5 Å². The highest BCUT2D eigenvalue weighted by molar-refractivity contribution is 7.89. The number of nitrogens with zero attached hydrogens (tertiary/aromatic N) is 2. The minimum absolute atomic E-state index is 0.188. The normalized spacial score (nSPS) is 20.9. The summed E-state index contributed by atoms with van der Waals surface area (Å²) in [4.78, 5) is 14.9. The number of hydrogen-bond donors (Lipinski definition) is 0. The molecule has 0 atom stereocenters. The summed E-state index contributed by atoms with van der Waals surface area (Å²) in [6.45, 7) is 6.09. The van der Waals surface area contributed by atoms with Gasteiger partial charge in [-0.05, 0) is 44.0 Å². The van der Waals surface area contributed by atoms with Crippen LogP contribution in [-0.4, -0.2) is 56.3 Å². The molecule has 3 rings (SSSR count). The molecule has 2 aliphatic rings. The summed E-state index contributed by atoms with van der Waals surface area (Å²) in [5, 5.41) is 0. The van der Waals surface area contributed by atoms with Crippen LogP contribution in [0.5, 0.6) is 5.75 Å². The number of benzene rings is 1. The molecule has 1 aromatic rings. The molecule has 0 N–H and O–H groups in total. The van der Waals surface area contributed by atoms with Crippen molar-refractivity contribution in [3.63, 3.8) is 0 Å². The van der Waals surface area contributed by atoms with Crippen LogP contribution >= 0.6 is 0 Å². The standard InChI is InChI=1S/C19H28N2O4S/c1-3-25-16-6-8-17(9-7-16)26(23,24)21-14-12-20(13-15-21)18(22)19(2)10-4-5-11-19/h6-9H,3-5,10-15H2,1-2H3. The second-order valence-electron chi connectivity index (χ2n) is 7.37. The minimum atomic E-state index is -3.54. The van der Waals surface area contributed by atoms with Crippen molar-refractivity contribution in [1.82, 2.24) is 9.21 Å². The topological polar surface area (TPSA) is 66.9 Å². The third kappa shape index (κ3) is 3.74. The molecule has 0 bridgehead atoms. The average molecular weight is 381 g/mol. The monoisotopic (exact) mass is 380 g/mol. The van der Waals surface area contributed by atoms with E-state index >= 15 is 0 Å². The first-order valence-corrected chi connectivity index (χ1v) is 10.8. The van der Waals surface area contributed by atoms with E-state index in [2.05, 4.69) is 0 Å². The van der Waals surface area contributed by atoms with Gasteiger partial charge in [0.05, 0.1) is 11.5 Å². The highest BCUT2D eigenvalue weighted by Crippen LogP contribution is 2.39. The molecule has 1 amide bonds. The molecule has 1 saturated carbocycles. The zero-order valence-electron chi connectivity index (χ0n) is 15.6. The lowest BCUT2D eigenvalue weighted by molar-refractivity contribution is -0.142. The van der Waals surface area contributed by atoms with E-state index in [4.69, 9.17) is 4.74 Å². The number of ether oxygens (including phenoxy) is 1. The van der Waals surface area contributed by atoms with E-state index in [9.17, 15) is 13.2 Å². The Morgan fingerprint density at radius 1 is 1.08 bits per heavy atom.